The van der Waals surface area contributed by atoms with E-state index in [9.17, 15) is 0 Å². The molecular weight excluding hydrogens is 222 g/mol. The third-order valence-electron chi connectivity index (χ3n) is 2.96. The Morgan fingerprint density at radius 1 is 0.778 bits per heavy atom. The SMILES string of the molecule is Cc1noc(-c2ccccc2)c1-c1ccccc1. The molecule has 0 radical (unpaired) electrons. The molecule has 0 aliphatic carbocycles. The van der Waals surface area contributed by atoms with E-state index in [1.807, 2.05) is 55.5 Å². The fourth-order valence-electron chi connectivity index (χ4n) is 2.10. The molecule has 2 nitrogen and oxygen atoms in total. The van der Waals surface area contributed by atoms with Crippen molar-refractivity contribution >= 4 is 0 Å². The van der Waals surface area contributed by atoms with Gasteiger partial charge in [0.1, 0.15) is 0 Å². The van der Waals surface area contributed by atoms with Crippen molar-refractivity contribution in [3.05, 3.63) is 66.4 Å². The zero-order chi connectivity index (χ0) is 12.4. The van der Waals surface area contributed by atoms with Crippen LogP contribution in [0.5, 0.6) is 0 Å². The largest absolute Gasteiger partial charge is 0.355 e. The zero-order valence-electron chi connectivity index (χ0n) is 10.1. The molecule has 1 aromatic heterocycles. The topological polar surface area (TPSA) is 26.0 Å². The van der Waals surface area contributed by atoms with Crippen molar-refractivity contribution in [1.29, 1.82) is 0 Å². The van der Waals surface area contributed by atoms with Gasteiger partial charge in [-0.25, -0.2) is 0 Å². The van der Waals surface area contributed by atoms with Gasteiger partial charge in [0.2, 0.25) is 0 Å². The fraction of sp³-hybridized carbons (Fsp3) is 0.0625. The first-order valence-electron chi connectivity index (χ1n) is 5.93. The highest BCUT2D eigenvalue weighted by atomic mass is 16.5. The lowest BCUT2D eigenvalue weighted by Gasteiger charge is -2.02. The molecule has 1 heterocycles. The van der Waals surface area contributed by atoms with Gasteiger partial charge in [-0.15, -0.1) is 0 Å². The molecule has 0 atom stereocenters. The van der Waals surface area contributed by atoms with Gasteiger partial charge in [0.25, 0.3) is 0 Å². The number of hydrogen-bond acceptors (Lipinski definition) is 2. The Morgan fingerprint density at radius 3 is 1.94 bits per heavy atom. The van der Waals surface area contributed by atoms with Gasteiger partial charge in [-0.1, -0.05) is 65.8 Å². The normalized spacial score (nSPS) is 10.5. The molecule has 0 fully saturated rings. The first-order chi connectivity index (χ1) is 8.86. The van der Waals surface area contributed by atoms with Crippen molar-refractivity contribution in [2.24, 2.45) is 0 Å². The van der Waals surface area contributed by atoms with E-state index < -0.39 is 0 Å². The van der Waals surface area contributed by atoms with Gasteiger partial charge < -0.3 is 4.52 Å². The number of aryl methyl sites for hydroxylation is 1. The lowest BCUT2D eigenvalue weighted by molar-refractivity contribution is 0.427. The van der Waals surface area contributed by atoms with Gasteiger partial charge in [-0.3, -0.25) is 0 Å². The Morgan fingerprint density at radius 2 is 1.33 bits per heavy atom. The van der Waals surface area contributed by atoms with Crippen LogP contribution in [0, 0.1) is 6.92 Å². The summed E-state index contributed by atoms with van der Waals surface area (Å²) in [6, 6.07) is 20.3. The molecule has 3 aromatic rings. The molecule has 0 saturated heterocycles. The van der Waals surface area contributed by atoms with Crippen LogP contribution in [0.4, 0.5) is 0 Å². The van der Waals surface area contributed by atoms with E-state index in [4.69, 9.17) is 4.52 Å². The van der Waals surface area contributed by atoms with Crippen LogP contribution < -0.4 is 0 Å². The van der Waals surface area contributed by atoms with Crippen molar-refractivity contribution in [3.63, 3.8) is 0 Å². The molecule has 2 aromatic carbocycles. The summed E-state index contributed by atoms with van der Waals surface area (Å²) in [5.74, 6) is 0.833. The van der Waals surface area contributed by atoms with E-state index in [0.717, 1.165) is 28.1 Å². The monoisotopic (exact) mass is 235 g/mol. The summed E-state index contributed by atoms with van der Waals surface area (Å²) in [6.07, 6.45) is 0. The van der Waals surface area contributed by atoms with Crippen molar-refractivity contribution < 1.29 is 4.52 Å². The van der Waals surface area contributed by atoms with Gasteiger partial charge in [0, 0.05) is 5.56 Å². The summed E-state index contributed by atoms with van der Waals surface area (Å²) >= 11 is 0. The van der Waals surface area contributed by atoms with Crippen molar-refractivity contribution in [2.45, 2.75) is 6.92 Å². The maximum absolute atomic E-state index is 5.49. The van der Waals surface area contributed by atoms with E-state index in [1.165, 1.54) is 0 Å². The smallest absolute Gasteiger partial charge is 0.174 e. The average molecular weight is 235 g/mol. The minimum Gasteiger partial charge on any atom is -0.355 e. The van der Waals surface area contributed by atoms with Gasteiger partial charge in [0.15, 0.2) is 5.76 Å². The van der Waals surface area contributed by atoms with E-state index in [1.54, 1.807) is 0 Å². The molecule has 0 unspecified atom stereocenters. The number of hydrogen-bond donors (Lipinski definition) is 0. The summed E-state index contributed by atoms with van der Waals surface area (Å²) in [7, 11) is 0. The van der Waals surface area contributed by atoms with Gasteiger partial charge in [-0.2, -0.15) is 0 Å². The molecule has 0 aliphatic rings. The minimum absolute atomic E-state index is 0.833. The van der Waals surface area contributed by atoms with Crippen LogP contribution in [0.3, 0.4) is 0 Å². The van der Waals surface area contributed by atoms with Crippen molar-refractivity contribution in [2.75, 3.05) is 0 Å². The summed E-state index contributed by atoms with van der Waals surface area (Å²) in [4.78, 5) is 0. The van der Waals surface area contributed by atoms with Crippen molar-refractivity contribution in [3.8, 4) is 22.5 Å². The van der Waals surface area contributed by atoms with Crippen LogP contribution in [-0.2, 0) is 0 Å². The van der Waals surface area contributed by atoms with Gasteiger partial charge in [-0.05, 0) is 12.5 Å². The lowest BCUT2D eigenvalue weighted by atomic mass is 10.0. The standard InChI is InChI=1S/C16H13NO/c1-12-15(13-8-4-2-5-9-13)16(18-17-12)14-10-6-3-7-11-14/h2-11H,1H3. The molecule has 2 heteroatoms. The maximum Gasteiger partial charge on any atom is 0.174 e. The lowest BCUT2D eigenvalue weighted by Crippen LogP contribution is -1.82. The summed E-state index contributed by atoms with van der Waals surface area (Å²) in [5.41, 5.74) is 4.17. The second-order valence-electron chi connectivity index (χ2n) is 4.20. The molecule has 0 amide bonds. The molecule has 18 heavy (non-hydrogen) atoms. The van der Waals surface area contributed by atoms with E-state index >= 15 is 0 Å². The Kier molecular flexibility index (Phi) is 2.69. The number of nitrogens with zero attached hydrogens (tertiary/aromatic N) is 1. The van der Waals surface area contributed by atoms with Crippen LogP contribution in [0.15, 0.2) is 65.2 Å². The zero-order valence-corrected chi connectivity index (χ0v) is 10.1. The molecule has 0 N–H and O–H groups in total. The third-order valence-corrected chi connectivity index (χ3v) is 2.96. The third kappa shape index (κ3) is 1.82. The molecule has 88 valence electrons. The Bertz CT molecular complexity index is 641. The van der Waals surface area contributed by atoms with Crippen molar-refractivity contribution in [1.82, 2.24) is 5.16 Å². The van der Waals surface area contributed by atoms with Gasteiger partial charge in [0.05, 0.1) is 11.3 Å². The van der Waals surface area contributed by atoms with Crippen LogP contribution in [0.2, 0.25) is 0 Å². The quantitative estimate of drug-likeness (QED) is 0.661. The van der Waals surface area contributed by atoms with E-state index in [-0.39, 0.29) is 0 Å². The summed E-state index contributed by atoms with van der Waals surface area (Å²) < 4.78 is 5.49. The fourth-order valence-corrected chi connectivity index (χ4v) is 2.10. The van der Waals surface area contributed by atoms with Crippen LogP contribution in [0.25, 0.3) is 22.5 Å². The molecule has 0 aliphatic heterocycles. The molecular formula is C16H13NO. The van der Waals surface area contributed by atoms with Gasteiger partial charge >= 0.3 is 0 Å². The van der Waals surface area contributed by atoms with Crippen LogP contribution in [-0.4, -0.2) is 5.16 Å². The minimum atomic E-state index is 0.833. The number of rotatable bonds is 2. The maximum atomic E-state index is 5.49. The predicted molar refractivity (Wildman–Crippen MR) is 72.1 cm³/mol. The Labute approximate surface area is 106 Å². The molecule has 0 saturated carbocycles. The second kappa shape index (κ2) is 4.49. The van der Waals surface area contributed by atoms with E-state index in [2.05, 4.69) is 17.3 Å². The number of aromatic nitrogens is 1. The Balaban J connectivity index is 2.19. The average Bonchev–Trinajstić information content (AvgIpc) is 2.83. The van der Waals surface area contributed by atoms with E-state index in [0.29, 0.717) is 0 Å². The number of benzene rings is 2. The first kappa shape index (κ1) is 10.8. The first-order valence-corrected chi connectivity index (χ1v) is 5.93. The summed E-state index contributed by atoms with van der Waals surface area (Å²) in [6.45, 7) is 1.97. The summed E-state index contributed by atoms with van der Waals surface area (Å²) in [5, 5.41) is 4.09. The highest BCUT2D eigenvalue weighted by Gasteiger charge is 2.15. The molecule has 0 bridgehead atoms. The molecule has 0 spiro atoms. The Hall–Kier alpha value is -2.35. The van der Waals surface area contributed by atoms with Crippen LogP contribution >= 0.6 is 0 Å². The second-order valence-corrected chi connectivity index (χ2v) is 4.20. The predicted octanol–water partition coefficient (Wildman–Crippen LogP) is 4.32. The highest BCUT2D eigenvalue weighted by Crippen LogP contribution is 2.34. The van der Waals surface area contributed by atoms with Crippen LogP contribution in [0.1, 0.15) is 5.69 Å². The highest BCUT2D eigenvalue weighted by molar-refractivity contribution is 5.80. The molecule has 3 rings (SSSR count).